The Balaban J connectivity index is 1.66. The summed E-state index contributed by atoms with van der Waals surface area (Å²) in [5.74, 6) is 0.0479. The van der Waals surface area contributed by atoms with Crippen LogP contribution in [0.15, 0.2) is 18.2 Å². The number of carbonyl (C=O) groups excluding carboxylic acids is 1. The van der Waals surface area contributed by atoms with Crippen molar-refractivity contribution < 1.29 is 13.2 Å². The van der Waals surface area contributed by atoms with Gasteiger partial charge in [0, 0.05) is 24.7 Å². The molecule has 0 aliphatic carbocycles. The van der Waals surface area contributed by atoms with Crippen LogP contribution in [0.25, 0.3) is 11.0 Å². The molecule has 1 amide bonds. The number of rotatable bonds is 2. The zero-order chi connectivity index (χ0) is 16.9. The molecule has 0 saturated carbocycles. The highest BCUT2D eigenvalue weighted by atomic mass is 32.2. The lowest BCUT2D eigenvalue weighted by molar-refractivity contribution is 0.0349. The Morgan fingerprint density at radius 2 is 1.96 bits per heavy atom. The van der Waals surface area contributed by atoms with Gasteiger partial charge in [-0.2, -0.15) is 15.4 Å². The number of aromatic nitrogens is 3. The number of piperazine rings is 1. The van der Waals surface area contributed by atoms with Crippen LogP contribution in [-0.4, -0.2) is 82.8 Å². The number of hydrogen-bond acceptors (Lipinski definition) is 6. The number of nitrogens with one attached hydrogen (secondary N) is 1. The number of likely N-dealkylation sites (N-methyl/N-ethyl adjacent to an activating group) is 1. The van der Waals surface area contributed by atoms with Crippen LogP contribution < -0.4 is 0 Å². The minimum Gasteiger partial charge on any atom is -0.332 e. The monoisotopic (exact) mass is 349 g/mol. The van der Waals surface area contributed by atoms with Crippen LogP contribution in [0.1, 0.15) is 17.3 Å². The number of carbonyl (C=O) groups is 1. The van der Waals surface area contributed by atoms with E-state index >= 15 is 0 Å². The van der Waals surface area contributed by atoms with Gasteiger partial charge in [0.25, 0.3) is 5.91 Å². The van der Waals surface area contributed by atoms with Crippen LogP contribution in [0.2, 0.25) is 0 Å². The topological polar surface area (TPSA) is 99.3 Å². The van der Waals surface area contributed by atoms with Crippen LogP contribution in [-0.2, 0) is 9.84 Å². The molecule has 4 rings (SSSR count). The first kappa shape index (κ1) is 15.5. The molecule has 2 atom stereocenters. The number of aromatic amines is 1. The summed E-state index contributed by atoms with van der Waals surface area (Å²) in [6.45, 7) is 4.06. The van der Waals surface area contributed by atoms with Gasteiger partial charge >= 0.3 is 0 Å². The van der Waals surface area contributed by atoms with E-state index in [1.165, 1.54) is 0 Å². The van der Waals surface area contributed by atoms with E-state index in [2.05, 4.69) is 20.3 Å². The fraction of sp³-hybridized carbons (Fsp3) is 0.533. The van der Waals surface area contributed by atoms with Gasteiger partial charge in [0.2, 0.25) is 0 Å². The first-order chi connectivity index (χ1) is 11.5. The summed E-state index contributed by atoms with van der Waals surface area (Å²) in [7, 11) is -3.11. The van der Waals surface area contributed by atoms with Crippen LogP contribution in [0.4, 0.5) is 0 Å². The molecule has 0 bridgehead atoms. The van der Waals surface area contributed by atoms with E-state index in [9.17, 15) is 13.2 Å². The van der Waals surface area contributed by atoms with E-state index in [-0.39, 0.29) is 29.5 Å². The van der Waals surface area contributed by atoms with Gasteiger partial charge in [-0.3, -0.25) is 9.69 Å². The van der Waals surface area contributed by atoms with E-state index in [0.717, 1.165) is 6.54 Å². The van der Waals surface area contributed by atoms with Crippen molar-refractivity contribution in [2.75, 3.05) is 31.1 Å². The second-order valence-electron chi connectivity index (χ2n) is 6.37. The molecule has 2 aromatic rings. The Bertz CT molecular complexity index is 893. The fourth-order valence-corrected chi connectivity index (χ4v) is 5.82. The highest BCUT2D eigenvalue weighted by Crippen LogP contribution is 2.28. The molecule has 1 aromatic carbocycles. The molecule has 8 nitrogen and oxygen atoms in total. The molecule has 2 fully saturated rings. The van der Waals surface area contributed by atoms with Crippen molar-refractivity contribution in [2.45, 2.75) is 19.0 Å². The molecule has 1 aromatic heterocycles. The lowest BCUT2D eigenvalue weighted by Gasteiger charge is -2.43. The summed E-state index contributed by atoms with van der Waals surface area (Å²) in [6, 6.07) is 4.79. The zero-order valence-corrected chi connectivity index (χ0v) is 14.2. The van der Waals surface area contributed by atoms with Crippen LogP contribution in [0.3, 0.4) is 0 Å². The summed E-state index contributed by atoms with van der Waals surface area (Å²) in [6.07, 6.45) is 0. The molecule has 2 unspecified atom stereocenters. The van der Waals surface area contributed by atoms with Crippen molar-refractivity contribution in [1.82, 2.24) is 25.2 Å². The molecular weight excluding hydrogens is 330 g/mol. The number of sulfone groups is 1. The minimum absolute atomic E-state index is 0.0477. The number of H-pyrrole nitrogens is 1. The predicted molar refractivity (Wildman–Crippen MR) is 88.4 cm³/mol. The Morgan fingerprint density at radius 1 is 1.21 bits per heavy atom. The Kier molecular flexibility index (Phi) is 3.57. The number of amides is 1. The van der Waals surface area contributed by atoms with Gasteiger partial charge in [0.05, 0.1) is 17.5 Å². The van der Waals surface area contributed by atoms with Crippen molar-refractivity contribution in [1.29, 1.82) is 0 Å². The van der Waals surface area contributed by atoms with Crippen molar-refractivity contribution in [3.05, 3.63) is 23.8 Å². The van der Waals surface area contributed by atoms with Crippen LogP contribution in [0, 0.1) is 0 Å². The lowest BCUT2D eigenvalue weighted by Crippen LogP contribution is -2.60. The summed E-state index contributed by atoms with van der Waals surface area (Å²) in [4.78, 5) is 16.9. The molecule has 128 valence electrons. The van der Waals surface area contributed by atoms with Crippen molar-refractivity contribution in [2.24, 2.45) is 0 Å². The van der Waals surface area contributed by atoms with E-state index in [1.807, 2.05) is 6.92 Å². The molecule has 2 aliphatic heterocycles. The molecule has 0 spiro atoms. The van der Waals surface area contributed by atoms with Gasteiger partial charge in [-0.1, -0.05) is 6.92 Å². The van der Waals surface area contributed by atoms with Gasteiger partial charge in [0.1, 0.15) is 11.0 Å². The molecular formula is C15H19N5O3S. The van der Waals surface area contributed by atoms with Crippen LogP contribution >= 0.6 is 0 Å². The molecule has 0 radical (unpaired) electrons. The largest absolute Gasteiger partial charge is 0.332 e. The van der Waals surface area contributed by atoms with Gasteiger partial charge in [0.15, 0.2) is 9.84 Å². The number of nitrogens with zero attached hydrogens (tertiary/aromatic N) is 4. The van der Waals surface area contributed by atoms with Crippen molar-refractivity contribution in [3.8, 4) is 0 Å². The third-order valence-electron chi connectivity index (χ3n) is 5.02. The second-order valence-corrected chi connectivity index (χ2v) is 8.52. The normalized spacial score (nSPS) is 26.6. The SMILES string of the molecule is CCN1CCN(C(=O)c2ccc3n[nH]nc3c2)C2CS(=O)(=O)CC21. The summed E-state index contributed by atoms with van der Waals surface area (Å²) < 4.78 is 24.2. The van der Waals surface area contributed by atoms with Gasteiger partial charge in [-0.25, -0.2) is 8.42 Å². The zero-order valence-electron chi connectivity index (χ0n) is 13.3. The average Bonchev–Trinajstić information content (AvgIpc) is 3.14. The van der Waals surface area contributed by atoms with E-state index in [4.69, 9.17) is 0 Å². The molecule has 2 saturated heterocycles. The smallest absolute Gasteiger partial charge is 0.254 e. The average molecular weight is 349 g/mol. The standard InChI is InChI=1S/C15H19N5O3S/c1-2-19-5-6-20(14-9-24(22,23)8-13(14)19)15(21)10-3-4-11-12(7-10)17-18-16-11/h3-4,7,13-14H,2,5-6,8-9H2,1H3,(H,16,17,18). The molecule has 9 heteroatoms. The molecule has 2 aliphatic rings. The van der Waals surface area contributed by atoms with Crippen molar-refractivity contribution >= 4 is 26.8 Å². The summed E-state index contributed by atoms with van der Waals surface area (Å²) in [5, 5.41) is 10.5. The van der Waals surface area contributed by atoms with Gasteiger partial charge < -0.3 is 4.90 Å². The lowest BCUT2D eigenvalue weighted by atomic mass is 10.0. The Hall–Kier alpha value is -2.00. The predicted octanol–water partition coefficient (Wildman–Crippen LogP) is -0.0988. The Labute approximate surface area is 139 Å². The number of hydrogen-bond donors (Lipinski definition) is 1. The van der Waals surface area contributed by atoms with E-state index in [0.29, 0.717) is 29.7 Å². The van der Waals surface area contributed by atoms with Crippen LogP contribution in [0.5, 0.6) is 0 Å². The first-order valence-electron chi connectivity index (χ1n) is 8.04. The maximum absolute atomic E-state index is 13.0. The van der Waals surface area contributed by atoms with E-state index < -0.39 is 9.84 Å². The van der Waals surface area contributed by atoms with Gasteiger partial charge in [-0.15, -0.1) is 0 Å². The second kappa shape index (κ2) is 5.52. The molecule has 1 N–H and O–H groups in total. The van der Waals surface area contributed by atoms with Crippen molar-refractivity contribution in [3.63, 3.8) is 0 Å². The third kappa shape index (κ3) is 2.48. The highest BCUT2D eigenvalue weighted by Gasteiger charge is 2.47. The number of benzene rings is 1. The van der Waals surface area contributed by atoms with E-state index in [1.54, 1.807) is 23.1 Å². The quantitative estimate of drug-likeness (QED) is 0.813. The fourth-order valence-electron chi connectivity index (χ4n) is 3.81. The maximum atomic E-state index is 13.0. The highest BCUT2D eigenvalue weighted by molar-refractivity contribution is 7.91. The third-order valence-corrected chi connectivity index (χ3v) is 6.72. The minimum atomic E-state index is -3.11. The molecule has 24 heavy (non-hydrogen) atoms. The maximum Gasteiger partial charge on any atom is 0.254 e. The Morgan fingerprint density at radius 3 is 2.75 bits per heavy atom. The number of fused-ring (bicyclic) bond motifs is 2. The summed E-state index contributed by atoms with van der Waals surface area (Å²) in [5.41, 5.74) is 1.84. The first-order valence-corrected chi connectivity index (χ1v) is 9.86. The van der Waals surface area contributed by atoms with Gasteiger partial charge in [-0.05, 0) is 24.7 Å². The summed E-state index contributed by atoms with van der Waals surface area (Å²) >= 11 is 0. The molecule has 3 heterocycles.